The Kier molecular flexibility index (Phi) is 8.92. The zero-order valence-corrected chi connectivity index (χ0v) is 23.1. The molecule has 2 amide bonds. The lowest BCUT2D eigenvalue weighted by atomic mass is 10.1. The van der Waals surface area contributed by atoms with Gasteiger partial charge in [-0.15, -0.1) is 21.8 Å². The summed E-state index contributed by atoms with van der Waals surface area (Å²) in [7, 11) is -0.0720. The summed E-state index contributed by atoms with van der Waals surface area (Å²) in [6, 6.07) is 6.77. The van der Waals surface area contributed by atoms with Gasteiger partial charge in [-0.25, -0.2) is 19.0 Å². The van der Waals surface area contributed by atoms with E-state index in [4.69, 9.17) is 21.1 Å². The van der Waals surface area contributed by atoms with Crippen LogP contribution in [0.25, 0.3) is 11.4 Å². The molecule has 39 heavy (non-hydrogen) atoms. The Morgan fingerprint density at radius 3 is 2.54 bits per heavy atom. The van der Waals surface area contributed by atoms with Crippen molar-refractivity contribution in [3.8, 4) is 17.1 Å². The second-order valence-corrected chi connectivity index (χ2v) is 11.5. The predicted molar refractivity (Wildman–Crippen MR) is 148 cm³/mol. The topological polar surface area (TPSA) is 172 Å². The number of ether oxygens (including phenoxy) is 1. The zero-order valence-electron chi connectivity index (χ0n) is 21.5. The van der Waals surface area contributed by atoms with Crippen molar-refractivity contribution < 1.29 is 18.5 Å². The molecule has 1 fully saturated rings. The first-order valence-electron chi connectivity index (χ1n) is 12.3. The molecule has 4 N–H and O–H groups in total. The zero-order chi connectivity index (χ0) is 28.0. The summed E-state index contributed by atoms with van der Waals surface area (Å²) < 4.78 is 26.7. The molecule has 1 aromatic carbocycles. The first-order chi connectivity index (χ1) is 18.8. The van der Waals surface area contributed by atoms with Crippen LogP contribution in [-0.2, 0) is 14.5 Å². The molecular formula is C25H29ClN8O4S. The Bertz CT molecular complexity index is 1460. The fourth-order valence-corrected chi connectivity index (χ4v) is 5.21. The van der Waals surface area contributed by atoms with Crippen LogP contribution in [0.15, 0.2) is 41.6 Å². The minimum Gasteiger partial charge on any atom is -0.494 e. The van der Waals surface area contributed by atoms with Gasteiger partial charge < -0.3 is 20.7 Å². The number of methoxy groups -OCH3 is 1. The highest BCUT2D eigenvalue weighted by atomic mass is 35.5. The number of nitrogens with zero attached hydrogens (tertiary/aromatic N) is 4. The number of alkyl halides is 1. The third kappa shape index (κ3) is 6.79. The van der Waals surface area contributed by atoms with Crippen LogP contribution < -0.4 is 20.7 Å². The molecule has 1 atom stereocenters. The fourth-order valence-electron chi connectivity index (χ4n) is 3.73. The lowest BCUT2D eigenvalue weighted by molar-refractivity contribution is -0.117. The van der Waals surface area contributed by atoms with Crippen LogP contribution in [0.5, 0.6) is 5.75 Å². The molecule has 1 aliphatic rings. The SMILES string of the molecule is CNC(=O)c1nnc(NC(=O)C2CC2)cc1Nc1cccc(-c2ncc(S(=N)(=O)CCCCCl)cn2)c1OC. The number of hydrogen-bond acceptors (Lipinski definition) is 10. The van der Waals surface area contributed by atoms with Gasteiger partial charge >= 0.3 is 0 Å². The van der Waals surface area contributed by atoms with Crippen LogP contribution in [0.2, 0.25) is 0 Å². The van der Waals surface area contributed by atoms with Crippen molar-refractivity contribution in [2.45, 2.75) is 30.6 Å². The third-order valence-electron chi connectivity index (χ3n) is 5.99. The minimum atomic E-state index is -3.03. The van der Waals surface area contributed by atoms with Gasteiger partial charge in [0.05, 0.1) is 38.7 Å². The highest BCUT2D eigenvalue weighted by Gasteiger charge is 2.30. The first-order valence-corrected chi connectivity index (χ1v) is 14.5. The van der Waals surface area contributed by atoms with Gasteiger partial charge in [0.15, 0.2) is 23.1 Å². The molecule has 3 aromatic rings. The lowest BCUT2D eigenvalue weighted by Crippen LogP contribution is -2.22. The van der Waals surface area contributed by atoms with Crippen LogP contribution >= 0.6 is 11.6 Å². The highest BCUT2D eigenvalue weighted by Crippen LogP contribution is 2.37. The number of aromatic nitrogens is 4. The van der Waals surface area contributed by atoms with E-state index in [9.17, 15) is 13.8 Å². The summed E-state index contributed by atoms with van der Waals surface area (Å²) in [5.41, 5.74) is 1.33. The smallest absolute Gasteiger partial charge is 0.273 e. The monoisotopic (exact) mass is 572 g/mol. The number of hydrogen-bond donors (Lipinski definition) is 4. The lowest BCUT2D eigenvalue weighted by Gasteiger charge is -2.16. The van der Waals surface area contributed by atoms with E-state index < -0.39 is 15.6 Å². The molecule has 0 radical (unpaired) electrons. The number of rotatable bonds is 12. The van der Waals surface area contributed by atoms with E-state index in [-0.39, 0.29) is 34.0 Å². The molecule has 1 aliphatic carbocycles. The van der Waals surface area contributed by atoms with Gasteiger partial charge in [0.2, 0.25) is 5.91 Å². The molecule has 1 saturated carbocycles. The van der Waals surface area contributed by atoms with Crippen LogP contribution in [0, 0.1) is 10.7 Å². The molecule has 2 heterocycles. The average Bonchev–Trinajstić information content (AvgIpc) is 3.79. The van der Waals surface area contributed by atoms with Gasteiger partial charge in [0.25, 0.3) is 5.91 Å². The number of benzene rings is 1. The van der Waals surface area contributed by atoms with E-state index in [0.717, 1.165) is 12.8 Å². The molecule has 2 aromatic heterocycles. The van der Waals surface area contributed by atoms with Gasteiger partial charge in [0, 0.05) is 43.1 Å². The van der Waals surface area contributed by atoms with Gasteiger partial charge in [-0.2, -0.15) is 0 Å². The molecule has 4 rings (SSSR count). The number of para-hydroxylation sites is 1. The number of amides is 2. The van der Waals surface area contributed by atoms with Crippen molar-refractivity contribution in [1.82, 2.24) is 25.5 Å². The summed E-state index contributed by atoms with van der Waals surface area (Å²) >= 11 is 5.69. The average molecular weight is 573 g/mol. The normalized spacial score (nSPS) is 14.2. The second kappa shape index (κ2) is 12.3. The Morgan fingerprint density at radius 2 is 1.90 bits per heavy atom. The van der Waals surface area contributed by atoms with Crippen molar-refractivity contribution in [2.75, 3.05) is 36.4 Å². The van der Waals surface area contributed by atoms with Crippen molar-refractivity contribution in [2.24, 2.45) is 5.92 Å². The van der Waals surface area contributed by atoms with E-state index >= 15 is 0 Å². The van der Waals surface area contributed by atoms with Gasteiger partial charge in [0.1, 0.15) is 0 Å². The highest BCUT2D eigenvalue weighted by molar-refractivity contribution is 7.92. The Balaban J connectivity index is 1.64. The number of carbonyl (C=O) groups is 2. The molecule has 206 valence electrons. The predicted octanol–water partition coefficient (Wildman–Crippen LogP) is 3.82. The molecule has 14 heteroatoms. The molecular weight excluding hydrogens is 544 g/mol. The van der Waals surface area contributed by atoms with E-state index in [1.165, 1.54) is 32.6 Å². The molecule has 12 nitrogen and oxygen atoms in total. The fraction of sp³-hybridized carbons (Fsp3) is 0.360. The van der Waals surface area contributed by atoms with E-state index in [1.807, 2.05) is 0 Å². The van der Waals surface area contributed by atoms with Crippen LogP contribution in [-0.4, -0.2) is 62.0 Å². The summed E-state index contributed by atoms with van der Waals surface area (Å²) in [6.45, 7) is 0. The first kappa shape index (κ1) is 28.2. The number of nitrogens with one attached hydrogen (secondary N) is 4. The molecule has 0 aliphatic heterocycles. The number of carbonyl (C=O) groups excluding carboxylic acids is 2. The number of anilines is 3. The Morgan fingerprint density at radius 1 is 1.15 bits per heavy atom. The molecule has 0 bridgehead atoms. The molecule has 1 unspecified atom stereocenters. The minimum absolute atomic E-state index is 0.0225. The maximum absolute atomic E-state index is 12.8. The third-order valence-corrected chi connectivity index (χ3v) is 8.09. The molecule has 0 spiro atoms. The number of halogens is 1. The quantitative estimate of drug-likeness (QED) is 0.186. The maximum Gasteiger partial charge on any atom is 0.273 e. The summed E-state index contributed by atoms with van der Waals surface area (Å²) in [6.07, 6.45) is 5.70. The van der Waals surface area contributed by atoms with Crippen LogP contribution in [0.3, 0.4) is 0 Å². The largest absolute Gasteiger partial charge is 0.494 e. The van der Waals surface area contributed by atoms with Crippen LogP contribution in [0.1, 0.15) is 36.2 Å². The van der Waals surface area contributed by atoms with Gasteiger partial charge in [-0.3, -0.25) is 9.59 Å². The van der Waals surface area contributed by atoms with Gasteiger partial charge in [-0.05, 0) is 37.8 Å². The van der Waals surface area contributed by atoms with Crippen molar-refractivity contribution in [1.29, 1.82) is 4.78 Å². The van der Waals surface area contributed by atoms with Crippen LogP contribution in [0.4, 0.5) is 17.2 Å². The summed E-state index contributed by atoms with van der Waals surface area (Å²) in [4.78, 5) is 33.6. The second-order valence-electron chi connectivity index (χ2n) is 8.86. The Hall–Kier alpha value is -3.84. The Labute approximate surface area is 231 Å². The van der Waals surface area contributed by atoms with E-state index in [2.05, 4.69) is 36.1 Å². The standard InChI is InChI=1S/C25H29ClN8O4S/c1-28-25(36)21-19(12-20(33-34-21)32-24(35)15-8-9-15)31-18-7-5-6-17(22(18)38-2)23-29-13-16(14-30-23)39(27,37)11-4-3-10-26/h5-7,12-15,27H,3-4,8-11H2,1-2H3,(H,28,36)(H2,31,32,33,35). The van der Waals surface area contributed by atoms with Crippen molar-refractivity contribution in [3.63, 3.8) is 0 Å². The van der Waals surface area contributed by atoms with Crippen molar-refractivity contribution in [3.05, 3.63) is 42.4 Å². The van der Waals surface area contributed by atoms with E-state index in [0.29, 0.717) is 47.2 Å². The summed E-state index contributed by atoms with van der Waals surface area (Å²) in [5, 5.41) is 16.4. The maximum atomic E-state index is 12.8. The summed E-state index contributed by atoms with van der Waals surface area (Å²) in [5.74, 6) is 0.880. The van der Waals surface area contributed by atoms with E-state index in [1.54, 1.807) is 18.2 Å². The van der Waals surface area contributed by atoms with Gasteiger partial charge in [-0.1, -0.05) is 6.07 Å². The molecule has 0 saturated heterocycles. The van der Waals surface area contributed by atoms with Crippen molar-refractivity contribution >= 4 is 50.3 Å². The number of unbranched alkanes of at least 4 members (excludes halogenated alkanes) is 1.